The molecule has 4 rings (SSSR count). The van der Waals surface area contributed by atoms with Gasteiger partial charge >= 0.3 is 6.61 Å². The van der Waals surface area contributed by atoms with Crippen molar-refractivity contribution in [3.63, 3.8) is 0 Å². The lowest BCUT2D eigenvalue weighted by atomic mass is 9.85. The number of fused-ring (bicyclic) bond motifs is 2. The van der Waals surface area contributed by atoms with Gasteiger partial charge in [-0.05, 0) is 44.2 Å². The minimum atomic E-state index is -3.63. The molecule has 0 radical (unpaired) electrons. The summed E-state index contributed by atoms with van der Waals surface area (Å²) < 4.78 is 59.2. The van der Waals surface area contributed by atoms with Crippen LogP contribution in [-0.4, -0.2) is 48.9 Å². The number of sulfone groups is 1. The molecule has 1 aromatic heterocycles. The van der Waals surface area contributed by atoms with Gasteiger partial charge in [0.2, 0.25) is 0 Å². The number of alkyl halides is 2. The van der Waals surface area contributed by atoms with Crippen LogP contribution in [0.15, 0.2) is 41.5 Å². The first kappa shape index (κ1) is 22.9. The van der Waals surface area contributed by atoms with Crippen LogP contribution < -0.4 is 20.5 Å². The summed E-state index contributed by atoms with van der Waals surface area (Å²) in [6.45, 7) is 0.315. The molecule has 1 amide bonds. The van der Waals surface area contributed by atoms with E-state index in [1.165, 1.54) is 26.0 Å². The number of carbonyl (C=O) groups is 1. The topological polar surface area (TPSA) is 133 Å². The fourth-order valence-electron chi connectivity index (χ4n) is 3.76. The second-order valence-electron chi connectivity index (χ2n) is 8.32. The van der Waals surface area contributed by atoms with Crippen molar-refractivity contribution in [2.45, 2.75) is 37.2 Å². The van der Waals surface area contributed by atoms with Crippen molar-refractivity contribution in [1.82, 2.24) is 4.98 Å². The van der Waals surface area contributed by atoms with E-state index < -0.39 is 32.6 Å². The summed E-state index contributed by atoms with van der Waals surface area (Å²) >= 11 is 0. The highest BCUT2D eigenvalue weighted by Crippen LogP contribution is 2.46. The van der Waals surface area contributed by atoms with Crippen LogP contribution in [0.25, 0.3) is 0 Å². The molecule has 2 aliphatic heterocycles. The molecule has 33 heavy (non-hydrogen) atoms. The summed E-state index contributed by atoms with van der Waals surface area (Å²) in [6, 6.07) is 7.27. The number of amides is 1. The van der Waals surface area contributed by atoms with Crippen LogP contribution in [0, 0.1) is 0 Å². The summed E-state index contributed by atoms with van der Waals surface area (Å²) in [5.74, 6) is -0.533. The molecule has 3 N–H and O–H groups in total. The first-order chi connectivity index (χ1) is 15.4. The number of nitrogens with two attached hydrogens (primary N) is 1. The number of pyridine rings is 1. The summed E-state index contributed by atoms with van der Waals surface area (Å²) in [5.41, 5.74) is 5.79. The smallest absolute Gasteiger partial charge is 0.387 e. The standard InChI is InChI=1S/C21H22F2N4O5S/c1-20(2)18(24)27-21(11-33(20,29)30)7-8-31-16-6-3-12(9-14(16)21)26-17(28)15-5-4-13(10-25-15)32-19(22)23/h3-6,9-10,19H,7-8,11H2,1-2H3,(H2,24,27)(H,26,28). The number of aromatic nitrogens is 1. The lowest BCUT2D eigenvalue weighted by Crippen LogP contribution is -2.56. The summed E-state index contributed by atoms with van der Waals surface area (Å²) in [5, 5.41) is 2.66. The minimum absolute atomic E-state index is 0.0198. The number of benzene rings is 1. The number of hydrogen-bond acceptors (Lipinski definition) is 8. The van der Waals surface area contributed by atoms with Gasteiger partial charge in [-0.1, -0.05) is 0 Å². The van der Waals surface area contributed by atoms with Crippen molar-refractivity contribution in [3.8, 4) is 11.5 Å². The molecule has 9 nitrogen and oxygen atoms in total. The Morgan fingerprint density at radius 3 is 2.67 bits per heavy atom. The Balaban J connectivity index is 1.64. The maximum atomic E-state index is 13.0. The average molecular weight is 480 g/mol. The predicted molar refractivity (Wildman–Crippen MR) is 117 cm³/mol. The van der Waals surface area contributed by atoms with E-state index in [0.29, 0.717) is 23.4 Å². The molecular formula is C21H22F2N4O5S. The van der Waals surface area contributed by atoms with Crippen molar-refractivity contribution >= 4 is 27.3 Å². The third-order valence-corrected chi connectivity index (χ3v) is 8.49. The van der Waals surface area contributed by atoms with Gasteiger partial charge in [-0.3, -0.25) is 9.79 Å². The van der Waals surface area contributed by atoms with Gasteiger partial charge in [-0.25, -0.2) is 13.4 Å². The number of anilines is 1. The zero-order chi connectivity index (χ0) is 24.0. The second-order valence-corrected chi connectivity index (χ2v) is 10.9. The Morgan fingerprint density at radius 1 is 1.27 bits per heavy atom. The molecule has 12 heteroatoms. The van der Waals surface area contributed by atoms with Crippen LogP contribution in [0.4, 0.5) is 14.5 Å². The third-order valence-electron chi connectivity index (χ3n) is 5.86. The van der Waals surface area contributed by atoms with Crippen LogP contribution in [0.5, 0.6) is 11.5 Å². The largest absolute Gasteiger partial charge is 0.493 e. The fraction of sp³-hybridized carbons (Fsp3) is 0.381. The van der Waals surface area contributed by atoms with Crippen molar-refractivity contribution in [2.75, 3.05) is 17.7 Å². The highest BCUT2D eigenvalue weighted by molar-refractivity contribution is 7.93. The fourth-order valence-corrected chi connectivity index (χ4v) is 5.48. The van der Waals surface area contributed by atoms with Gasteiger partial charge in [0.1, 0.15) is 33.3 Å². The van der Waals surface area contributed by atoms with Crippen molar-refractivity contribution in [2.24, 2.45) is 10.7 Å². The summed E-state index contributed by atoms with van der Waals surface area (Å²) in [6.07, 6.45) is 1.32. The minimum Gasteiger partial charge on any atom is -0.493 e. The molecule has 1 atom stereocenters. The van der Waals surface area contributed by atoms with E-state index in [1.807, 2.05) is 0 Å². The number of amidine groups is 1. The summed E-state index contributed by atoms with van der Waals surface area (Å²) in [7, 11) is -3.63. The first-order valence-corrected chi connectivity index (χ1v) is 11.7. The van der Waals surface area contributed by atoms with Gasteiger partial charge in [-0.2, -0.15) is 8.78 Å². The van der Waals surface area contributed by atoms with Gasteiger partial charge in [0, 0.05) is 17.7 Å². The Hall–Kier alpha value is -3.28. The lowest BCUT2D eigenvalue weighted by molar-refractivity contribution is -0.0500. The van der Waals surface area contributed by atoms with Gasteiger partial charge < -0.3 is 20.5 Å². The molecule has 2 aromatic rings. The maximum Gasteiger partial charge on any atom is 0.387 e. The van der Waals surface area contributed by atoms with Crippen LogP contribution in [0.3, 0.4) is 0 Å². The highest BCUT2D eigenvalue weighted by Gasteiger charge is 2.52. The van der Waals surface area contributed by atoms with E-state index in [2.05, 4.69) is 20.0 Å². The molecular weight excluding hydrogens is 458 g/mol. The van der Waals surface area contributed by atoms with E-state index >= 15 is 0 Å². The lowest BCUT2D eigenvalue weighted by Gasteiger charge is -2.42. The Bertz CT molecular complexity index is 1230. The number of halogens is 2. The van der Waals surface area contributed by atoms with Crippen molar-refractivity contribution in [3.05, 3.63) is 47.8 Å². The van der Waals surface area contributed by atoms with Crippen LogP contribution in [0.2, 0.25) is 0 Å². The van der Waals surface area contributed by atoms with Crippen LogP contribution in [0.1, 0.15) is 36.3 Å². The van der Waals surface area contributed by atoms with Crippen LogP contribution >= 0.6 is 0 Å². The van der Waals surface area contributed by atoms with E-state index in [9.17, 15) is 22.0 Å². The third kappa shape index (κ3) is 4.10. The number of nitrogens with one attached hydrogen (secondary N) is 1. The number of carbonyl (C=O) groups excluding carboxylic acids is 1. The molecule has 1 unspecified atom stereocenters. The Kier molecular flexibility index (Phi) is 5.51. The number of aliphatic imine (C=N–C) groups is 1. The molecule has 1 spiro atoms. The van der Waals surface area contributed by atoms with Crippen molar-refractivity contribution < 1.29 is 31.5 Å². The van der Waals surface area contributed by atoms with E-state index in [-0.39, 0.29) is 29.6 Å². The average Bonchev–Trinajstić information content (AvgIpc) is 2.73. The highest BCUT2D eigenvalue weighted by atomic mass is 32.2. The van der Waals surface area contributed by atoms with Crippen LogP contribution in [-0.2, 0) is 15.4 Å². The second kappa shape index (κ2) is 7.94. The quantitative estimate of drug-likeness (QED) is 0.687. The maximum absolute atomic E-state index is 13.0. The molecule has 176 valence electrons. The molecule has 1 aromatic carbocycles. The molecule has 0 bridgehead atoms. The number of hydrogen-bond donors (Lipinski definition) is 2. The Morgan fingerprint density at radius 2 is 2.03 bits per heavy atom. The zero-order valence-corrected chi connectivity index (χ0v) is 18.7. The number of ether oxygens (including phenoxy) is 2. The zero-order valence-electron chi connectivity index (χ0n) is 17.8. The first-order valence-electron chi connectivity index (χ1n) is 10.0. The van der Waals surface area contributed by atoms with E-state index in [0.717, 1.165) is 6.20 Å². The van der Waals surface area contributed by atoms with Gasteiger partial charge in [0.15, 0.2) is 9.84 Å². The number of rotatable bonds is 4. The van der Waals surface area contributed by atoms with Gasteiger partial charge in [0.05, 0.1) is 18.6 Å². The number of nitrogens with zero attached hydrogens (tertiary/aromatic N) is 2. The van der Waals surface area contributed by atoms with Crippen molar-refractivity contribution in [1.29, 1.82) is 0 Å². The predicted octanol–water partition coefficient (Wildman–Crippen LogP) is 2.48. The molecule has 0 aliphatic carbocycles. The van der Waals surface area contributed by atoms with Gasteiger partial charge in [-0.15, -0.1) is 0 Å². The molecule has 3 heterocycles. The summed E-state index contributed by atoms with van der Waals surface area (Å²) in [4.78, 5) is 21.0. The van der Waals surface area contributed by atoms with Gasteiger partial charge in [0.25, 0.3) is 5.91 Å². The monoisotopic (exact) mass is 480 g/mol. The Labute approximate surface area is 188 Å². The molecule has 0 saturated carbocycles. The van der Waals surface area contributed by atoms with E-state index in [4.69, 9.17) is 10.5 Å². The SMILES string of the molecule is CC1(C)C(N)=NC2(CCOc3ccc(NC(=O)c4ccc(OC(F)F)cn4)cc32)CS1(=O)=O. The van der Waals surface area contributed by atoms with E-state index in [1.54, 1.807) is 18.2 Å². The molecule has 2 aliphatic rings. The molecule has 0 saturated heterocycles. The normalized spacial score (nSPS) is 22.8. The molecule has 0 fully saturated rings.